The van der Waals surface area contributed by atoms with E-state index in [4.69, 9.17) is 5.26 Å². The lowest BCUT2D eigenvalue weighted by Gasteiger charge is -2.09. The van der Waals surface area contributed by atoms with Crippen LogP contribution in [0.1, 0.15) is 31.0 Å². The molecule has 0 aliphatic carbocycles. The Hall–Kier alpha value is -2.94. The van der Waals surface area contributed by atoms with Gasteiger partial charge in [0.2, 0.25) is 0 Å². The average molecular weight is 323 g/mol. The third-order valence-corrected chi connectivity index (χ3v) is 3.90. The standard InChI is InChI=1S/C18H18FN5/c1-3-4-7-24-17-6-5-15(8-14(17)11-21-24)23-18-13(10-20)9-16(19)12(2)22-18/h5-6,8-9,11H,3-4,7H2,1-2H3,(H,22,23). The van der Waals surface area contributed by atoms with Gasteiger partial charge in [-0.05, 0) is 37.6 Å². The molecule has 1 N–H and O–H groups in total. The van der Waals surface area contributed by atoms with Crippen LogP contribution in [0.15, 0.2) is 30.5 Å². The molecular weight excluding hydrogens is 305 g/mol. The summed E-state index contributed by atoms with van der Waals surface area (Å²) in [7, 11) is 0. The number of aryl methyl sites for hydroxylation is 2. The number of hydrogen-bond donors (Lipinski definition) is 1. The van der Waals surface area contributed by atoms with Gasteiger partial charge in [-0.25, -0.2) is 9.37 Å². The Morgan fingerprint density at radius 1 is 1.33 bits per heavy atom. The van der Waals surface area contributed by atoms with Crippen molar-refractivity contribution in [2.24, 2.45) is 0 Å². The Morgan fingerprint density at radius 3 is 2.92 bits per heavy atom. The summed E-state index contributed by atoms with van der Waals surface area (Å²) in [5, 5.41) is 17.7. The van der Waals surface area contributed by atoms with Gasteiger partial charge < -0.3 is 5.32 Å². The first-order chi connectivity index (χ1) is 11.6. The Bertz CT molecular complexity index is 923. The zero-order valence-electron chi connectivity index (χ0n) is 13.7. The lowest BCUT2D eigenvalue weighted by molar-refractivity contribution is 0.588. The van der Waals surface area contributed by atoms with E-state index in [1.165, 1.54) is 6.07 Å². The molecule has 2 aromatic heterocycles. The Labute approximate surface area is 139 Å². The molecule has 0 unspecified atom stereocenters. The molecule has 0 aliphatic heterocycles. The summed E-state index contributed by atoms with van der Waals surface area (Å²) in [6.45, 7) is 4.62. The van der Waals surface area contributed by atoms with E-state index < -0.39 is 5.82 Å². The number of halogens is 1. The van der Waals surface area contributed by atoms with Crippen LogP contribution >= 0.6 is 0 Å². The number of anilines is 2. The zero-order valence-corrected chi connectivity index (χ0v) is 13.7. The van der Waals surface area contributed by atoms with Crippen LogP contribution in [0.4, 0.5) is 15.9 Å². The maximum absolute atomic E-state index is 13.5. The quantitative estimate of drug-likeness (QED) is 0.760. The lowest BCUT2D eigenvalue weighted by Crippen LogP contribution is -2.01. The number of fused-ring (bicyclic) bond motifs is 1. The fourth-order valence-electron chi connectivity index (χ4n) is 2.55. The predicted octanol–water partition coefficient (Wildman–Crippen LogP) is 4.29. The van der Waals surface area contributed by atoms with Gasteiger partial charge in [-0.1, -0.05) is 13.3 Å². The SMILES string of the molecule is CCCCn1ncc2cc(Nc3nc(C)c(F)cc3C#N)ccc21. The minimum absolute atomic E-state index is 0.178. The lowest BCUT2D eigenvalue weighted by atomic mass is 10.2. The van der Waals surface area contributed by atoms with E-state index in [-0.39, 0.29) is 11.3 Å². The van der Waals surface area contributed by atoms with Crippen LogP contribution in [0.2, 0.25) is 0 Å². The van der Waals surface area contributed by atoms with Crippen molar-refractivity contribution in [3.8, 4) is 6.07 Å². The molecule has 0 fully saturated rings. The van der Waals surface area contributed by atoms with Gasteiger partial charge in [0.05, 0.1) is 23.0 Å². The Morgan fingerprint density at radius 2 is 2.17 bits per heavy atom. The molecular formula is C18H18FN5. The van der Waals surface area contributed by atoms with E-state index in [0.29, 0.717) is 5.82 Å². The van der Waals surface area contributed by atoms with Gasteiger partial charge in [0.25, 0.3) is 0 Å². The topological polar surface area (TPSA) is 66.5 Å². The first kappa shape index (κ1) is 15.9. The summed E-state index contributed by atoms with van der Waals surface area (Å²) >= 11 is 0. The van der Waals surface area contributed by atoms with E-state index in [9.17, 15) is 4.39 Å². The molecule has 2 heterocycles. The van der Waals surface area contributed by atoms with Crippen LogP contribution < -0.4 is 5.32 Å². The van der Waals surface area contributed by atoms with Crippen molar-refractivity contribution in [2.75, 3.05) is 5.32 Å². The summed E-state index contributed by atoms with van der Waals surface area (Å²) in [4.78, 5) is 4.14. The molecule has 0 atom stereocenters. The van der Waals surface area contributed by atoms with Gasteiger partial charge in [0, 0.05) is 17.6 Å². The summed E-state index contributed by atoms with van der Waals surface area (Å²) in [6.07, 6.45) is 4.03. The van der Waals surface area contributed by atoms with Crippen LogP contribution in [0, 0.1) is 24.1 Å². The molecule has 5 nitrogen and oxygen atoms in total. The maximum Gasteiger partial charge on any atom is 0.148 e. The van der Waals surface area contributed by atoms with Gasteiger partial charge >= 0.3 is 0 Å². The van der Waals surface area contributed by atoms with Crippen molar-refractivity contribution in [2.45, 2.75) is 33.2 Å². The monoisotopic (exact) mass is 323 g/mol. The van der Waals surface area contributed by atoms with E-state index >= 15 is 0 Å². The van der Waals surface area contributed by atoms with E-state index in [0.717, 1.165) is 36.0 Å². The van der Waals surface area contributed by atoms with Crippen molar-refractivity contribution in [3.05, 3.63) is 47.5 Å². The highest BCUT2D eigenvalue weighted by Gasteiger charge is 2.10. The maximum atomic E-state index is 13.5. The van der Waals surface area contributed by atoms with Crippen molar-refractivity contribution in [1.29, 1.82) is 5.26 Å². The van der Waals surface area contributed by atoms with Crippen LogP contribution in [0.5, 0.6) is 0 Å². The summed E-state index contributed by atoms with van der Waals surface area (Å²) in [6, 6.07) is 9.02. The molecule has 1 aromatic carbocycles. The third kappa shape index (κ3) is 3.06. The highest BCUT2D eigenvalue weighted by molar-refractivity contribution is 5.83. The second-order valence-electron chi connectivity index (χ2n) is 5.68. The second-order valence-corrected chi connectivity index (χ2v) is 5.68. The Balaban J connectivity index is 1.91. The minimum Gasteiger partial charge on any atom is -0.339 e. The summed E-state index contributed by atoms with van der Waals surface area (Å²) in [5.41, 5.74) is 2.28. The Kier molecular flexibility index (Phi) is 4.43. The fraction of sp³-hybridized carbons (Fsp3) is 0.278. The molecule has 0 amide bonds. The van der Waals surface area contributed by atoms with E-state index in [1.807, 2.05) is 35.1 Å². The van der Waals surface area contributed by atoms with E-state index in [1.54, 1.807) is 6.92 Å². The molecule has 3 rings (SSSR count). The number of benzene rings is 1. The van der Waals surface area contributed by atoms with E-state index in [2.05, 4.69) is 22.3 Å². The van der Waals surface area contributed by atoms with Crippen LogP contribution in [-0.4, -0.2) is 14.8 Å². The normalized spacial score (nSPS) is 10.8. The zero-order chi connectivity index (χ0) is 17.1. The van der Waals surface area contributed by atoms with Crippen LogP contribution in [-0.2, 0) is 6.54 Å². The van der Waals surface area contributed by atoms with Crippen molar-refractivity contribution in [3.63, 3.8) is 0 Å². The highest BCUT2D eigenvalue weighted by atomic mass is 19.1. The van der Waals surface area contributed by atoms with Gasteiger partial charge in [0.15, 0.2) is 0 Å². The molecule has 0 saturated carbocycles. The second kappa shape index (κ2) is 6.67. The van der Waals surface area contributed by atoms with Gasteiger partial charge in [-0.3, -0.25) is 4.68 Å². The summed E-state index contributed by atoms with van der Waals surface area (Å²) < 4.78 is 15.5. The average Bonchev–Trinajstić information content (AvgIpc) is 2.98. The molecule has 3 aromatic rings. The third-order valence-electron chi connectivity index (χ3n) is 3.90. The van der Waals surface area contributed by atoms with Gasteiger partial charge in [-0.2, -0.15) is 10.4 Å². The molecule has 6 heteroatoms. The number of nitriles is 1. The number of aromatic nitrogens is 3. The van der Waals surface area contributed by atoms with Gasteiger partial charge in [-0.15, -0.1) is 0 Å². The first-order valence-electron chi connectivity index (χ1n) is 7.92. The predicted molar refractivity (Wildman–Crippen MR) is 91.6 cm³/mol. The van der Waals surface area contributed by atoms with Crippen LogP contribution in [0.25, 0.3) is 10.9 Å². The minimum atomic E-state index is -0.482. The van der Waals surface area contributed by atoms with Crippen molar-refractivity contribution in [1.82, 2.24) is 14.8 Å². The number of pyridine rings is 1. The number of unbranched alkanes of at least 4 members (excludes halogenated alkanes) is 1. The number of nitrogens with one attached hydrogen (secondary N) is 1. The number of rotatable bonds is 5. The van der Waals surface area contributed by atoms with Crippen LogP contribution in [0.3, 0.4) is 0 Å². The summed E-state index contributed by atoms with van der Waals surface area (Å²) in [5.74, 6) is -0.126. The molecule has 24 heavy (non-hydrogen) atoms. The number of hydrogen-bond acceptors (Lipinski definition) is 4. The molecule has 0 bridgehead atoms. The number of nitrogens with zero attached hydrogens (tertiary/aromatic N) is 4. The highest BCUT2D eigenvalue weighted by Crippen LogP contribution is 2.24. The fourth-order valence-corrected chi connectivity index (χ4v) is 2.55. The van der Waals surface area contributed by atoms with Crippen molar-refractivity contribution < 1.29 is 4.39 Å². The van der Waals surface area contributed by atoms with Gasteiger partial charge in [0.1, 0.15) is 17.7 Å². The molecule has 0 spiro atoms. The molecule has 122 valence electrons. The molecule has 0 saturated heterocycles. The van der Waals surface area contributed by atoms with Crippen molar-refractivity contribution >= 4 is 22.4 Å². The largest absolute Gasteiger partial charge is 0.339 e. The molecule has 0 aliphatic rings. The first-order valence-corrected chi connectivity index (χ1v) is 7.92. The smallest absolute Gasteiger partial charge is 0.148 e. The molecule has 0 radical (unpaired) electrons.